The van der Waals surface area contributed by atoms with Crippen molar-refractivity contribution in [3.05, 3.63) is 0 Å². The molecule has 82 valence electrons. The molecule has 0 amide bonds. The highest BCUT2D eigenvalue weighted by Gasteiger charge is 2.58. The summed E-state index contributed by atoms with van der Waals surface area (Å²) in [6.45, 7) is 6.29. The first kappa shape index (κ1) is 10.5. The minimum absolute atomic E-state index is 0.261. The molecule has 0 aliphatic heterocycles. The molecule has 0 heterocycles. The largest absolute Gasteiger partial charge is 0.390 e. The van der Waals surface area contributed by atoms with Crippen LogP contribution in [-0.4, -0.2) is 10.7 Å². The first-order valence-corrected chi connectivity index (χ1v) is 6.21. The minimum Gasteiger partial charge on any atom is -0.390 e. The van der Waals surface area contributed by atoms with Gasteiger partial charge in [-0.05, 0) is 56.8 Å². The smallest absolute Gasteiger partial charge is 0.0647 e. The number of rotatable bonds is 4. The maximum atomic E-state index is 10.3. The lowest BCUT2D eigenvalue weighted by Gasteiger charge is -2.42. The first-order valence-electron chi connectivity index (χ1n) is 6.21. The van der Waals surface area contributed by atoms with Crippen molar-refractivity contribution in [1.82, 2.24) is 0 Å². The Morgan fingerprint density at radius 2 is 1.86 bits per heavy atom. The summed E-state index contributed by atoms with van der Waals surface area (Å²) in [5.41, 5.74) is -0.202. The Morgan fingerprint density at radius 1 is 1.29 bits per heavy atom. The SMILES string of the molecule is CCCCC1(C(C)(C)O)CC2CC2C1. The second-order valence-corrected chi connectivity index (χ2v) is 6.11. The third kappa shape index (κ3) is 1.60. The van der Waals surface area contributed by atoms with E-state index in [-0.39, 0.29) is 5.41 Å². The molecule has 14 heavy (non-hydrogen) atoms. The molecule has 0 bridgehead atoms. The van der Waals surface area contributed by atoms with Gasteiger partial charge in [0.15, 0.2) is 0 Å². The van der Waals surface area contributed by atoms with Gasteiger partial charge in [-0.3, -0.25) is 0 Å². The van der Waals surface area contributed by atoms with E-state index >= 15 is 0 Å². The normalized spacial score (nSPS) is 41.1. The van der Waals surface area contributed by atoms with Gasteiger partial charge in [0.1, 0.15) is 0 Å². The Bertz CT molecular complexity index is 204. The zero-order valence-corrected chi connectivity index (χ0v) is 9.84. The van der Waals surface area contributed by atoms with Gasteiger partial charge < -0.3 is 5.11 Å². The van der Waals surface area contributed by atoms with Gasteiger partial charge >= 0.3 is 0 Å². The van der Waals surface area contributed by atoms with Gasteiger partial charge in [0.25, 0.3) is 0 Å². The summed E-state index contributed by atoms with van der Waals surface area (Å²) in [5.74, 6) is 1.94. The van der Waals surface area contributed by atoms with Crippen molar-refractivity contribution < 1.29 is 5.11 Å². The van der Waals surface area contributed by atoms with Crippen molar-refractivity contribution in [3.63, 3.8) is 0 Å². The zero-order valence-electron chi connectivity index (χ0n) is 9.84. The lowest BCUT2D eigenvalue weighted by Crippen LogP contribution is -2.42. The van der Waals surface area contributed by atoms with Crippen molar-refractivity contribution in [2.45, 2.75) is 64.9 Å². The lowest BCUT2D eigenvalue weighted by molar-refractivity contribution is -0.0656. The molecule has 1 heteroatoms. The van der Waals surface area contributed by atoms with Crippen molar-refractivity contribution in [1.29, 1.82) is 0 Å². The van der Waals surface area contributed by atoms with Crippen molar-refractivity contribution >= 4 is 0 Å². The van der Waals surface area contributed by atoms with E-state index in [1.807, 2.05) is 13.8 Å². The van der Waals surface area contributed by atoms with Crippen LogP contribution in [0.4, 0.5) is 0 Å². The standard InChI is InChI=1S/C13H24O/c1-4-5-6-13(12(2,3)14)8-10-7-11(10)9-13/h10-11,14H,4-9H2,1-3H3. The third-order valence-corrected chi connectivity index (χ3v) is 4.68. The number of hydrogen-bond donors (Lipinski definition) is 1. The summed E-state index contributed by atoms with van der Waals surface area (Å²) < 4.78 is 0. The molecule has 2 fully saturated rings. The van der Waals surface area contributed by atoms with Gasteiger partial charge in [-0.15, -0.1) is 0 Å². The second-order valence-electron chi connectivity index (χ2n) is 6.11. The summed E-state index contributed by atoms with van der Waals surface area (Å²) in [6, 6.07) is 0. The highest BCUT2D eigenvalue weighted by Crippen LogP contribution is 2.64. The van der Waals surface area contributed by atoms with Crippen molar-refractivity contribution in [2.75, 3.05) is 0 Å². The molecule has 2 saturated carbocycles. The van der Waals surface area contributed by atoms with Gasteiger partial charge in [-0.25, -0.2) is 0 Å². The summed E-state index contributed by atoms with van der Waals surface area (Å²) >= 11 is 0. The topological polar surface area (TPSA) is 20.2 Å². The molecule has 0 aromatic heterocycles. The van der Waals surface area contributed by atoms with Crippen LogP contribution in [-0.2, 0) is 0 Å². The van der Waals surface area contributed by atoms with E-state index < -0.39 is 5.60 Å². The van der Waals surface area contributed by atoms with Crippen LogP contribution in [0.25, 0.3) is 0 Å². The molecule has 2 aliphatic carbocycles. The molecule has 0 radical (unpaired) electrons. The van der Waals surface area contributed by atoms with Crippen LogP contribution in [0.3, 0.4) is 0 Å². The Labute approximate surface area is 87.9 Å². The predicted molar refractivity (Wildman–Crippen MR) is 59.1 cm³/mol. The molecule has 0 spiro atoms. The van der Waals surface area contributed by atoms with Crippen molar-refractivity contribution in [3.8, 4) is 0 Å². The van der Waals surface area contributed by atoms with Crippen LogP contribution in [0.5, 0.6) is 0 Å². The van der Waals surface area contributed by atoms with E-state index in [4.69, 9.17) is 0 Å². The van der Waals surface area contributed by atoms with E-state index in [1.165, 1.54) is 38.5 Å². The van der Waals surface area contributed by atoms with Crippen LogP contribution in [0.2, 0.25) is 0 Å². The monoisotopic (exact) mass is 196 g/mol. The highest BCUT2D eigenvalue weighted by atomic mass is 16.3. The lowest BCUT2D eigenvalue weighted by atomic mass is 9.67. The first-order chi connectivity index (χ1) is 6.48. The summed E-state index contributed by atoms with van der Waals surface area (Å²) in [4.78, 5) is 0. The molecule has 0 aromatic rings. The average molecular weight is 196 g/mol. The van der Waals surface area contributed by atoms with E-state index in [2.05, 4.69) is 6.92 Å². The van der Waals surface area contributed by atoms with E-state index in [0.29, 0.717) is 0 Å². The number of unbranched alkanes of at least 4 members (excludes halogenated alkanes) is 1. The van der Waals surface area contributed by atoms with Gasteiger partial charge in [0, 0.05) is 0 Å². The second kappa shape index (κ2) is 3.23. The van der Waals surface area contributed by atoms with Gasteiger partial charge in [-0.2, -0.15) is 0 Å². The fourth-order valence-corrected chi connectivity index (χ4v) is 3.42. The molecular weight excluding hydrogens is 172 g/mol. The van der Waals surface area contributed by atoms with Crippen LogP contribution in [0.15, 0.2) is 0 Å². The molecule has 1 nitrogen and oxygen atoms in total. The molecule has 1 N–H and O–H groups in total. The highest BCUT2D eigenvalue weighted by molar-refractivity contribution is 5.08. The van der Waals surface area contributed by atoms with Crippen LogP contribution >= 0.6 is 0 Å². The predicted octanol–water partition coefficient (Wildman–Crippen LogP) is 3.36. The third-order valence-electron chi connectivity index (χ3n) is 4.68. The maximum Gasteiger partial charge on any atom is 0.0647 e. The fraction of sp³-hybridized carbons (Fsp3) is 1.00. The van der Waals surface area contributed by atoms with Crippen LogP contribution in [0.1, 0.15) is 59.3 Å². The zero-order chi connectivity index (χ0) is 10.4. The summed E-state index contributed by atoms with van der Waals surface area (Å²) in [5, 5.41) is 10.3. The summed E-state index contributed by atoms with van der Waals surface area (Å²) in [6.07, 6.45) is 7.81. The maximum absolute atomic E-state index is 10.3. The van der Waals surface area contributed by atoms with Gasteiger partial charge in [0.05, 0.1) is 5.60 Å². The molecule has 2 unspecified atom stereocenters. The molecule has 2 rings (SSSR count). The number of hydrogen-bond acceptors (Lipinski definition) is 1. The van der Waals surface area contributed by atoms with E-state index in [9.17, 15) is 5.11 Å². The van der Waals surface area contributed by atoms with E-state index in [1.54, 1.807) is 0 Å². The molecule has 0 aromatic carbocycles. The molecule has 2 atom stereocenters. The quantitative estimate of drug-likeness (QED) is 0.731. The van der Waals surface area contributed by atoms with Gasteiger partial charge in [-0.1, -0.05) is 19.8 Å². The Balaban J connectivity index is 2.05. The Hall–Kier alpha value is -0.0400. The molecule has 2 aliphatic rings. The molecular formula is C13H24O. The summed E-state index contributed by atoms with van der Waals surface area (Å²) in [7, 11) is 0. The van der Waals surface area contributed by atoms with Crippen LogP contribution in [0, 0.1) is 17.3 Å². The van der Waals surface area contributed by atoms with E-state index in [0.717, 1.165) is 11.8 Å². The Morgan fingerprint density at radius 3 is 2.29 bits per heavy atom. The van der Waals surface area contributed by atoms with Gasteiger partial charge in [0.2, 0.25) is 0 Å². The number of aliphatic hydroxyl groups is 1. The Kier molecular flexibility index (Phi) is 2.42. The number of fused-ring (bicyclic) bond motifs is 1. The van der Waals surface area contributed by atoms with Crippen molar-refractivity contribution in [2.24, 2.45) is 17.3 Å². The average Bonchev–Trinajstić information content (AvgIpc) is 2.69. The van der Waals surface area contributed by atoms with Crippen LogP contribution < -0.4 is 0 Å². The molecule has 0 saturated heterocycles. The fourth-order valence-electron chi connectivity index (χ4n) is 3.42. The minimum atomic E-state index is -0.463.